The van der Waals surface area contributed by atoms with Crippen molar-refractivity contribution >= 4 is 22.0 Å². The largest absolute Gasteiger partial charge is 0.463 e. The van der Waals surface area contributed by atoms with E-state index in [1.165, 1.54) is 0 Å². The smallest absolute Gasteiger partial charge is 0.211 e. The highest BCUT2D eigenvalue weighted by atomic mass is 32.2. The molecule has 0 spiro atoms. The molecule has 0 radical (unpaired) electrons. The lowest BCUT2D eigenvalue weighted by atomic mass is 10.1. The van der Waals surface area contributed by atoms with E-state index < -0.39 is 16.5 Å². The highest BCUT2D eigenvalue weighted by Crippen LogP contribution is 2.14. The molecule has 5 heteroatoms. The van der Waals surface area contributed by atoms with Gasteiger partial charge in [-0.1, -0.05) is 11.6 Å². The minimum absolute atomic E-state index is 0.229. The minimum atomic E-state index is -2.31. The molecule has 2 rings (SSSR count). The fourth-order valence-corrected chi connectivity index (χ4v) is 1.75. The van der Waals surface area contributed by atoms with E-state index in [1.54, 1.807) is 18.2 Å². The first-order valence-corrected chi connectivity index (χ1v) is 5.33. The van der Waals surface area contributed by atoms with Crippen molar-refractivity contribution in [3.63, 3.8) is 0 Å². The van der Waals surface area contributed by atoms with E-state index in [0.29, 0.717) is 11.0 Å². The summed E-state index contributed by atoms with van der Waals surface area (Å²) in [5.41, 5.74) is 0.858. The van der Waals surface area contributed by atoms with E-state index in [9.17, 15) is 9.00 Å². The maximum Gasteiger partial charge on any atom is 0.211 e. The van der Waals surface area contributed by atoms with Crippen molar-refractivity contribution in [2.24, 2.45) is 0 Å². The van der Waals surface area contributed by atoms with Crippen molar-refractivity contribution < 1.29 is 13.2 Å². The van der Waals surface area contributed by atoms with Gasteiger partial charge in [-0.3, -0.25) is 4.79 Å². The summed E-state index contributed by atoms with van der Waals surface area (Å²) >= 11 is -2.31. The molecule has 1 atom stereocenters. The average Bonchev–Trinajstić information content (AvgIpc) is 2.19. The van der Waals surface area contributed by atoms with Crippen molar-refractivity contribution in [2.75, 3.05) is 0 Å². The predicted molar refractivity (Wildman–Crippen MR) is 56.3 cm³/mol. The fourth-order valence-electron chi connectivity index (χ4n) is 1.35. The lowest BCUT2D eigenvalue weighted by Gasteiger charge is -1.99. The molecule has 4 nitrogen and oxygen atoms in total. The van der Waals surface area contributed by atoms with E-state index in [1.807, 2.05) is 6.92 Å². The van der Waals surface area contributed by atoms with Gasteiger partial charge in [0, 0.05) is 0 Å². The van der Waals surface area contributed by atoms with Gasteiger partial charge in [0.2, 0.25) is 5.43 Å². The predicted octanol–water partition coefficient (Wildman–Crippen LogP) is 1.68. The van der Waals surface area contributed by atoms with Gasteiger partial charge in [-0.05, 0) is 19.1 Å². The van der Waals surface area contributed by atoms with Crippen molar-refractivity contribution in [2.45, 2.75) is 11.8 Å². The molecule has 15 heavy (non-hydrogen) atoms. The topological polar surface area (TPSA) is 67.5 Å². The Bertz CT molecular complexity index is 600. The van der Waals surface area contributed by atoms with Crippen molar-refractivity contribution in [3.8, 4) is 0 Å². The van der Waals surface area contributed by atoms with E-state index in [4.69, 9.17) is 8.97 Å². The van der Waals surface area contributed by atoms with Crippen LogP contribution in [0.1, 0.15) is 5.56 Å². The number of rotatable bonds is 1. The summed E-state index contributed by atoms with van der Waals surface area (Å²) < 4.78 is 24.7. The molecule has 0 fully saturated rings. The molecule has 0 saturated heterocycles. The Balaban J connectivity index is 2.89. The Morgan fingerprint density at radius 3 is 2.80 bits per heavy atom. The van der Waals surface area contributed by atoms with Gasteiger partial charge in [0.25, 0.3) is 0 Å². The number of fused-ring (bicyclic) bond motifs is 1. The quantitative estimate of drug-likeness (QED) is 0.748. The highest BCUT2D eigenvalue weighted by molar-refractivity contribution is 7.79. The zero-order valence-corrected chi connectivity index (χ0v) is 8.71. The molecule has 0 aliphatic rings. The van der Waals surface area contributed by atoms with Gasteiger partial charge in [-0.15, -0.1) is 0 Å². The maximum atomic E-state index is 11.7. The summed E-state index contributed by atoms with van der Waals surface area (Å²) in [5.74, 6) is 0. The van der Waals surface area contributed by atoms with E-state index in [-0.39, 0.29) is 4.90 Å². The third-order valence-electron chi connectivity index (χ3n) is 2.08. The van der Waals surface area contributed by atoms with Crippen LogP contribution in [0, 0.1) is 6.92 Å². The van der Waals surface area contributed by atoms with Gasteiger partial charge in [0.1, 0.15) is 16.7 Å². The zero-order chi connectivity index (χ0) is 11.0. The summed E-state index contributed by atoms with van der Waals surface area (Å²) in [6.45, 7) is 1.83. The number of benzene rings is 1. The molecule has 0 bridgehead atoms. The Kier molecular flexibility index (Phi) is 2.42. The third-order valence-corrected chi connectivity index (χ3v) is 2.74. The second-order valence-corrected chi connectivity index (χ2v) is 4.12. The molecule has 0 aliphatic carbocycles. The van der Waals surface area contributed by atoms with Crippen LogP contribution in [0.15, 0.2) is 38.6 Å². The molecule has 2 aromatic rings. The molecular weight excluding hydrogens is 216 g/mol. The van der Waals surface area contributed by atoms with E-state index in [2.05, 4.69) is 0 Å². The second-order valence-electron chi connectivity index (χ2n) is 3.18. The molecule has 0 aliphatic heterocycles. The zero-order valence-electron chi connectivity index (χ0n) is 7.89. The first-order chi connectivity index (χ1) is 7.09. The lowest BCUT2D eigenvalue weighted by molar-refractivity contribution is 0.546. The Morgan fingerprint density at radius 1 is 1.40 bits per heavy atom. The summed E-state index contributed by atoms with van der Waals surface area (Å²) in [4.78, 5) is 11.5. The van der Waals surface area contributed by atoms with Crippen molar-refractivity contribution in [3.05, 3.63) is 40.2 Å². The molecule has 1 aromatic carbocycles. The van der Waals surface area contributed by atoms with Crippen LogP contribution in [0.2, 0.25) is 0 Å². The molecule has 1 unspecified atom stereocenters. The summed E-state index contributed by atoms with van der Waals surface area (Å²) in [6, 6.07) is 5.11. The van der Waals surface area contributed by atoms with E-state index >= 15 is 0 Å². The third kappa shape index (κ3) is 1.71. The van der Waals surface area contributed by atoms with Crippen LogP contribution in [0.4, 0.5) is 0 Å². The van der Waals surface area contributed by atoms with Crippen LogP contribution in [0.25, 0.3) is 11.0 Å². The molecule has 0 amide bonds. The normalized spacial score (nSPS) is 12.9. The summed E-state index contributed by atoms with van der Waals surface area (Å²) in [6.07, 6.45) is 1.02. The van der Waals surface area contributed by atoms with Crippen molar-refractivity contribution in [1.29, 1.82) is 0 Å². The number of hydrogen-bond acceptors (Lipinski definition) is 3. The van der Waals surface area contributed by atoms with Gasteiger partial charge in [0.05, 0.1) is 5.39 Å². The Labute approximate surface area is 87.8 Å². The molecule has 1 N–H and O–H groups in total. The number of aryl methyl sites for hydroxylation is 1. The lowest BCUT2D eigenvalue weighted by Crippen LogP contribution is -2.09. The van der Waals surface area contributed by atoms with Crippen LogP contribution in [0.3, 0.4) is 0 Å². The van der Waals surface area contributed by atoms with Gasteiger partial charge >= 0.3 is 0 Å². The van der Waals surface area contributed by atoms with Gasteiger partial charge in [-0.2, -0.15) is 0 Å². The number of hydrogen-bond donors (Lipinski definition) is 1. The van der Waals surface area contributed by atoms with Crippen LogP contribution < -0.4 is 5.43 Å². The van der Waals surface area contributed by atoms with Gasteiger partial charge in [-0.25, -0.2) is 4.21 Å². The highest BCUT2D eigenvalue weighted by Gasteiger charge is 2.10. The van der Waals surface area contributed by atoms with Crippen LogP contribution in [-0.4, -0.2) is 8.76 Å². The Hall–Kier alpha value is -1.46. The monoisotopic (exact) mass is 224 g/mol. The molecule has 78 valence electrons. The maximum absolute atomic E-state index is 11.7. The van der Waals surface area contributed by atoms with E-state index in [0.717, 1.165) is 11.8 Å². The van der Waals surface area contributed by atoms with Crippen LogP contribution >= 0.6 is 0 Å². The summed E-state index contributed by atoms with van der Waals surface area (Å²) in [5, 5.41) is 0.329. The molecule has 0 saturated carbocycles. The minimum Gasteiger partial charge on any atom is -0.463 e. The molecule has 1 aromatic heterocycles. The first kappa shape index (κ1) is 10.1. The first-order valence-electron chi connectivity index (χ1n) is 4.22. The Morgan fingerprint density at radius 2 is 2.13 bits per heavy atom. The van der Waals surface area contributed by atoms with Crippen LogP contribution in [-0.2, 0) is 11.1 Å². The average molecular weight is 224 g/mol. The van der Waals surface area contributed by atoms with Gasteiger partial charge < -0.3 is 8.97 Å². The fraction of sp³-hybridized carbons (Fsp3) is 0.100. The standard InChI is InChI=1S/C10H8O4S/c1-6-2-3-8-7(4-6)10(11)9(5-14-8)15(12)13/h2-5H,1H3,(H,12,13). The SMILES string of the molecule is Cc1ccc2occ(S(=O)O)c(=O)c2c1. The van der Waals surface area contributed by atoms with Crippen LogP contribution in [0.5, 0.6) is 0 Å². The second kappa shape index (κ2) is 3.60. The molecular formula is C10H8O4S. The summed E-state index contributed by atoms with van der Waals surface area (Å²) in [7, 11) is 0. The molecule has 1 heterocycles. The van der Waals surface area contributed by atoms with Crippen molar-refractivity contribution in [1.82, 2.24) is 0 Å². The van der Waals surface area contributed by atoms with Gasteiger partial charge in [0.15, 0.2) is 11.1 Å².